The lowest BCUT2D eigenvalue weighted by Crippen LogP contribution is -2.37. The topological polar surface area (TPSA) is 54.2 Å². The normalized spacial score (nSPS) is 11.4. The molecule has 2 aromatic rings. The Balaban J connectivity index is 0.00000242. The molecule has 0 aliphatic rings. The first-order valence-corrected chi connectivity index (χ1v) is 7.27. The maximum atomic E-state index is 12.7. The predicted octanol–water partition coefficient (Wildman–Crippen LogP) is 3.13. The van der Waals surface area contributed by atoms with Crippen LogP contribution in [0.1, 0.15) is 22.8 Å². The molecule has 0 unspecified atom stereocenters. The van der Waals surface area contributed by atoms with Crippen LogP contribution in [0.15, 0.2) is 28.8 Å². The van der Waals surface area contributed by atoms with Crippen molar-refractivity contribution in [3.63, 3.8) is 0 Å². The number of aryl methyl sites for hydroxylation is 1. The van der Waals surface area contributed by atoms with Crippen molar-refractivity contribution in [2.45, 2.75) is 26.6 Å². The van der Waals surface area contributed by atoms with Gasteiger partial charge in [0, 0.05) is 24.3 Å². The molecular weight excluding hydrogens is 423 g/mol. The molecule has 2 aromatic heterocycles. The van der Waals surface area contributed by atoms with Gasteiger partial charge in [-0.15, -0.1) is 35.3 Å². The van der Waals surface area contributed by atoms with Crippen molar-refractivity contribution in [3.8, 4) is 0 Å². The molecule has 0 fully saturated rings. The largest absolute Gasteiger partial charge is 0.352 e. The number of nitrogens with zero attached hydrogens (tertiary/aromatic N) is 3. The fraction of sp³-hybridized carbons (Fsp3) is 0.385. The maximum Gasteiger partial charge on any atom is 0.319 e. The van der Waals surface area contributed by atoms with E-state index in [9.17, 15) is 8.78 Å². The van der Waals surface area contributed by atoms with Crippen molar-refractivity contribution in [1.29, 1.82) is 0 Å². The summed E-state index contributed by atoms with van der Waals surface area (Å²) in [6, 6.07) is 2.05. The van der Waals surface area contributed by atoms with E-state index in [0.717, 1.165) is 4.57 Å². The average molecular weight is 441 g/mol. The van der Waals surface area contributed by atoms with E-state index in [4.69, 9.17) is 0 Å². The van der Waals surface area contributed by atoms with Crippen LogP contribution in [0.4, 0.5) is 8.78 Å². The SMILES string of the molecule is CN=C(NCc1sccc1C)NCc1nccn1C(F)F.I. The predicted molar refractivity (Wildman–Crippen MR) is 95.0 cm³/mol. The van der Waals surface area contributed by atoms with Gasteiger partial charge in [-0.2, -0.15) is 8.78 Å². The third-order valence-corrected chi connectivity index (χ3v) is 4.00. The Hall–Kier alpha value is -1.23. The summed E-state index contributed by atoms with van der Waals surface area (Å²) in [5, 5.41) is 8.15. The molecule has 0 aromatic carbocycles. The number of hydrogen-bond donors (Lipinski definition) is 2. The second-order valence-electron chi connectivity index (χ2n) is 4.33. The van der Waals surface area contributed by atoms with Crippen LogP contribution in [-0.4, -0.2) is 22.6 Å². The van der Waals surface area contributed by atoms with Crippen LogP contribution >= 0.6 is 35.3 Å². The van der Waals surface area contributed by atoms with E-state index in [1.807, 2.05) is 12.3 Å². The first-order valence-electron chi connectivity index (χ1n) is 6.39. The van der Waals surface area contributed by atoms with Crippen LogP contribution < -0.4 is 10.6 Å². The molecule has 0 spiro atoms. The lowest BCUT2D eigenvalue weighted by atomic mass is 10.3. The molecule has 5 nitrogen and oxygen atoms in total. The van der Waals surface area contributed by atoms with Gasteiger partial charge in [0.2, 0.25) is 0 Å². The van der Waals surface area contributed by atoms with E-state index >= 15 is 0 Å². The van der Waals surface area contributed by atoms with Gasteiger partial charge in [0.05, 0.1) is 13.1 Å². The van der Waals surface area contributed by atoms with Crippen LogP contribution in [0, 0.1) is 6.92 Å². The van der Waals surface area contributed by atoms with Gasteiger partial charge in [0.1, 0.15) is 5.82 Å². The molecule has 2 rings (SSSR count). The number of aromatic nitrogens is 2. The Morgan fingerprint density at radius 2 is 2.14 bits per heavy atom. The van der Waals surface area contributed by atoms with Crippen molar-refractivity contribution in [3.05, 3.63) is 40.1 Å². The number of nitrogens with one attached hydrogen (secondary N) is 2. The standard InChI is InChI=1S/C13H17F2N5S.HI/c1-9-3-6-21-10(9)7-18-13(16-2)19-8-11-17-4-5-20(11)12(14)15;/h3-6,12H,7-8H2,1-2H3,(H2,16,18,19);1H. The molecule has 0 radical (unpaired) electrons. The molecule has 0 saturated carbocycles. The molecule has 0 amide bonds. The van der Waals surface area contributed by atoms with Gasteiger partial charge in [0.15, 0.2) is 5.96 Å². The summed E-state index contributed by atoms with van der Waals surface area (Å²) < 4.78 is 26.2. The number of alkyl halides is 2. The number of halogens is 3. The highest BCUT2D eigenvalue weighted by molar-refractivity contribution is 14.0. The third kappa shape index (κ3) is 4.90. The van der Waals surface area contributed by atoms with Gasteiger partial charge in [-0.3, -0.25) is 9.56 Å². The van der Waals surface area contributed by atoms with E-state index < -0.39 is 6.55 Å². The van der Waals surface area contributed by atoms with Gasteiger partial charge in [-0.1, -0.05) is 0 Å². The summed E-state index contributed by atoms with van der Waals surface area (Å²) in [7, 11) is 1.64. The number of guanidine groups is 1. The summed E-state index contributed by atoms with van der Waals surface area (Å²) in [4.78, 5) is 9.19. The average Bonchev–Trinajstić information content (AvgIpc) is 3.08. The number of imidazole rings is 1. The Morgan fingerprint density at radius 3 is 2.73 bits per heavy atom. The van der Waals surface area contributed by atoms with Crippen LogP contribution in [0.25, 0.3) is 0 Å². The van der Waals surface area contributed by atoms with Gasteiger partial charge in [0.25, 0.3) is 0 Å². The highest BCUT2D eigenvalue weighted by Crippen LogP contribution is 2.15. The number of aliphatic imine (C=N–C) groups is 1. The fourth-order valence-corrected chi connectivity index (χ4v) is 2.64. The van der Waals surface area contributed by atoms with Crippen LogP contribution in [0.5, 0.6) is 0 Å². The lowest BCUT2D eigenvalue weighted by Gasteiger charge is -2.12. The number of thiophene rings is 1. The van der Waals surface area contributed by atoms with Gasteiger partial charge >= 0.3 is 6.55 Å². The van der Waals surface area contributed by atoms with Gasteiger partial charge in [-0.05, 0) is 23.9 Å². The molecule has 0 aliphatic heterocycles. The smallest absolute Gasteiger partial charge is 0.319 e. The summed E-state index contributed by atoms with van der Waals surface area (Å²) in [5.41, 5.74) is 1.22. The molecule has 0 bridgehead atoms. The second-order valence-corrected chi connectivity index (χ2v) is 5.34. The zero-order valence-electron chi connectivity index (χ0n) is 12.2. The number of hydrogen-bond acceptors (Lipinski definition) is 3. The maximum absolute atomic E-state index is 12.7. The minimum atomic E-state index is -2.59. The minimum absolute atomic E-state index is 0. The summed E-state index contributed by atoms with van der Waals surface area (Å²) in [5.74, 6) is 0.812. The quantitative estimate of drug-likeness (QED) is 0.426. The van der Waals surface area contributed by atoms with Crippen LogP contribution in [-0.2, 0) is 13.1 Å². The van der Waals surface area contributed by atoms with E-state index in [1.165, 1.54) is 22.8 Å². The van der Waals surface area contributed by atoms with Crippen molar-refractivity contribution in [2.75, 3.05) is 7.05 Å². The summed E-state index contributed by atoms with van der Waals surface area (Å²) >= 11 is 1.66. The third-order valence-electron chi connectivity index (χ3n) is 2.98. The molecule has 2 N–H and O–H groups in total. The zero-order chi connectivity index (χ0) is 15.2. The van der Waals surface area contributed by atoms with E-state index in [0.29, 0.717) is 12.5 Å². The zero-order valence-corrected chi connectivity index (χ0v) is 15.4. The molecule has 0 atom stereocenters. The van der Waals surface area contributed by atoms with E-state index in [1.54, 1.807) is 18.4 Å². The van der Waals surface area contributed by atoms with Crippen molar-refractivity contribution >= 4 is 41.3 Å². The first-order chi connectivity index (χ1) is 10.1. The molecule has 22 heavy (non-hydrogen) atoms. The monoisotopic (exact) mass is 441 g/mol. The Kier molecular flexibility index (Phi) is 7.73. The minimum Gasteiger partial charge on any atom is -0.352 e. The highest BCUT2D eigenvalue weighted by atomic mass is 127. The molecule has 0 saturated heterocycles. The van der Waals surface area contributed by atoms with E-state index in [-0.39, 0.29) is 36.3 Å². The summed E-state index contributed by atoms with van der Waals surface area (Å²) in [6.07, 6.45) is 2.61. The van der Waals surface area contributed by atoms with Gasteiger partial charge < -0.3 is 10.6 Å². The van der Waals surface area contributed by atoms with Crippen molar-refractivity contribution in [2.24, 2.45) is 4.99 Å². The Labute approximate surface area is 148 Å². The fourth-order valence-electron chi connectivity index (χ4n) is 1.79. The number of rotatable bonds is 5. The van der Waals surface area contributed by atoms with Crippen LogP contribution in [0.2, 0.25) is 0 Å². The van der Waals surface area contributed by atoms with E-state index in [2.05, 4.69) is 26.7 Å². The highest BCUT2D eigenvalue weighted by Gasteiger charge is 2.11. The van der Waals surface area contributed by atoms with Gasteiger partial charge in [-0.25, -0.2) is 4.98 Å². The molecular formula is C13H18F2IN5S. The lowest BCUT2D eigenvalue weighted by molar-refractivity contribution is 0.0668. The molecule has 9 heteroatoms. The van der Waals surface area contributed by atoms with Crippen molar-refractivity contribution in [1.82, 2.24) is 20.2 Å². The van der Waals surface area contributed by atoms with Crippen LogP contribution in [0.3, 0.4) is 0 Å². The second kappa shape index (κ2) is 9.03. The molecule has 0 aliphatic carbocycles. The Morgan fingerprint density at radius 1 is 1.41 bits per heavy atom. The van der Waals surface area contributed by atoms with Crippen molar-refractivity contribution < 1.29 is 8.78 Å². The summed E-state index contributed by atoms with van der Waals surface area (Å²) in [6.45, 7) is 0.281. The molecule has 122 valence electrons. The molecule has 2 heterocycles. The Bertz CT molecular complexity index is 611. The first kappa shape index (κ1) is 18.8.